The maximum Gasteiger partial charge on any atom is 0.243 e. The highest BCUT2D eigenvalue weighted by Crippen LogP contribution is 2.14. The number of rotatable bonds is 7. The summed E-state index contributed by atoms with van der Waals surface area (Å²) in [7, 11) is 0. The van der Waals surface area contributed by atoms with Gasteiger partial charge in [-0.2, -0.15) is 0 Å². The third-order valence-corrected chi connectivity index (χ3v) is 3.88. The molecule has 0 aliphatic rings. The van der Waals surface area contributed by atoms with E-state index >= 15 is 0 Å². The Morgan fingerprint density at radius 3 is 2.07 bits per heavy atom. The molecule has 0 saturated heterocycles. The monoisotopic (exact) mass is 371 g/mol. The Bertz CT molecular complexity index is 821. The Morgan fingerprint density at radius 2 is 1.52 bits per heavy atom. The average Bonchev–Trinajstić information content (AvgIpc) is 2.61. The molecule has 2 aromatic rings. The van der Waals surface area contributed by atoms with Crippen molar-refractivity contribution in [2.45, 2.75) is 20.3 Å². The van der Waals surface area contributed by atoms with Gasteiger partial charge in [0.25, 0.3) is 0 Å². The first-order chi connectivity index (χ1) is 12.8. The van der Waals surface area contributed by atoms with Crippen molar-refractivity contribution in [3.05, 3.63) is 59.9 Å². The molecule has 7 heteroatoms. The number of hydrogen-bond donors (Lipinski definition) is 2. The second kappa shape index (κ2) is 9.47. The fourth-order valence-corrected chi connectivity index (χ4v) is 2.52. The van der Waals surface area contributed by atoms with Crippen LogP contribution in [-0.2, 0) is 20.8 Å². The summed E-state index contributed by atoms with van der Waals surface area (Å²) in [6.45, 7) is 2.90. The van der Waals surface area contributed by atoms with E-state index in [1.807, 2.05) is 0 Å². The third-order valence-electron chi connectivity index (χ3n) is 3.88. The second-order valence-corrected chi connectivity index (χ2v) is 6.09. The maximum absolute atomic E-state index is 13.7. The van der Waals surface area contributed by atoms with Gasteiger partial charge in [0.1, 0.15) is 5.82 Å². The Hall–Kier alpha value is -3.22. The van der Waals surface area contributed by atoms with E-state index in [2.05, 4.69) is 10.6 Å². The zero-order valence-electron chi connectivity index (χ0n) is 15.3. The molecule has 3 amide bonds. The lowest BCUT2D eigenvalue weighted by molar-refractivity contribution is -0.132. The van der Waals surface area contributed by atoms with Crippen molar-refractivity contribution >= 4 is 29.1 Å². The lowest BCUT2D eigenvalue weighted by atomic mass is 10.1. The summed E-state index contributed by atoms with van der Waals surface area (Å²) in [4.78, 5) is 36.4. The molecule has 6 nitrogen and oxygen atoms in total. The Morgan fingerprint density at radius 1 is 0.926 bits per heavy atom. The van der Waals surface area contributed by atoms with Crippen LogP contribution in [-0.4, -0.2) is 35.7 Å². The molecule has 27 heavy (non-hydrogen) atoms. The van der Waals surface area contributed by atoms with E-state index in [0.29, 0.717) is 23.4 Å². The molecule has 0 saturated carbocycles. The van der Waals surface area contributed by atoms with Gasteiger partial charge in [0.2, 0.25) is 17.7 Å². The van der Waals surface area contributed by atoms with Crippen molar-refractivity contribution in [3.8, 4) is 0 Å². The highest BCUT2D eigenvalue weighted by molar-refractivity contribution is 5.95. The van der Waals surface area contributed by atoms with Crippen LogP contribution in [0.5, 0.6) is 0 Å². The van der Waals surface area contributed by atoms with E-state index in [-0.39, 0.29) is 36.6 Å². The van der Waals surface area contributed by atoms with Crippen LogP contribution in [0.2, 0.25) is 0 Å². The minimum Gasteiger partial charge on any atom is -0.333 e. The fourth-order valence-electron chi connectivity index (χ4n) is 2.52. The Kier molecular flexibility index (Phi) is 7.05. The summed E-state index contributed by atoms with van der Waals surface area (Å²) < 4.78 is 13.7. The zero-order valence-corrected chi connectivity index (χ0v) is 15.3. The van der Waals surface area contributed by atoms with Gasteiger partial charge in [-0.05, 0) is 42.3 Å². The van der Waals surface area contributed by atoms with E-state index < -0.39 is 0 Å². The molecule has 0 radical (unpaired) electrons. The van der Waals surface area contributed by atoms with Crippen molar-refractivity contribution in [2.24, 2.45) is 0 Å². The summed E-state index contributed by atoms with van der Waals surface area (Å²) in [5.41, 5.74) is 1.67. The first-order valence-corrected chi connectivity index (χ1v) is 8.51. The van der Waals surface area contributed by atoms with Gasteiger partial charge in [0.15, 0.2) is 0 Å². The van der Waals surface area contributed by atoms with E-state index in [1.54, 1.807) is 42.5 Å². The molecule has 0 heterocycles. The summed E-state index contributed by atoms with van der Waals surface area (Å²) >= 11 is 0. The number of carbonyl (C=O) groups excluding carboxylic acids is 3. The molecule has 0 spiro atoms. The van der Waals surface area contributed by atoms with Gasteiger partial charge in [-0.3, -0.25) is 14.4 Å². The maximum atomic E-state index is 13.7. The lowest BCUT2D eigenvalue weighted by Gasteiger charge is -2.20. The molecule has 0 aliphatic heterocycles. The quantitative estimate of drug-likeness (QED) is 0.786. The number of anilines is 2. The highest BCUT2D eigenvalue weighted by atomic mass is 19.1. The van der Waals surface area contributed by atoms with Crippen LogP contribution in [0.1, 0.15) is 19.4 Å². The van der Waals surface area contributed by atoms with Gasteiger partial charge < -0.3 is 15.5 Å². The fraction of sp³-hybridized carbons (Fsp3) is 0.250. The summed E-state index contributed by atoms with van der Waals surface area (Å²) in [6.07, 6.45) is 0.324. The Labute approximate surface area is 157 Å². The zero-order chi connectivity index (χ0) is 19.8. The van der Waals surface area contributed by atoms with Gasteiger partial charge >= 0.3 is 0 Å². The van der Waals surface area contributed by atoms with Crippen LogP contribution in [0, 0.1) is 5.82 Å². The Balaban J connectivity index is 1.91. The molecule has 0 bridgehead atoms. The number of hydrogen-bond acceptors (Lipinski definition) is 3. The smallest absolute Gasteiger partial charge is 0.243 e. The van der Waals surface area contributed by atoms with Crippen LogP contribution in [0.4, 0.5) is 15.8 Å². The van der Waals surface area contributed by atoms with E-state index in [0.717, 1.165) is 0 Å². The van der Waals surface area contributed by atoms with Crippen LogP contribution in [0.3, 0.4) is 0 Å². The van der Waals surface area contributed by atoms with Crippen LogP contribution >= 0.6 is 0 Å². The standard InChI is InChI=1S/C20H22FN3O3/c1-14(25)22-17-7-9-18(10-8-17)23-20(27)13-24(15(2)26)12-11-16-5-3-4-6-19(16)21/h3-10H,11-13H2,1-2H3,(H,22,25)(H,23,27). The van der Waals surface area contributed by atoms with Crippen molar-refractivity contribution in [3.63, 3.8) is 0 Å². The predicted octanol–water partition coefficient (Wildman–Crippen LogP) is 2.81. The number of amides is 3. The predicted molar refractivity (Wildman–Crippen MR) is 102 cm³/mol. The average molecular weight is 371 g/mol. The summed E-state index contributed by atoms with van der Waals surface area (Å²) in [5, 5.41) is 5.33. The van der Waals surface area contributed by atoms with E-state index in [1.165, 1.54) is 24.8 Å². The summed E-state index contributed by atoms with van der Waals surface area (Å²) in [6, 6.07) is 13.0. The van der Waals surface area contributed by atoms with Crippen LogP contribution < -0.4 is 10.6 Å². The highest BCUT2D eigenvalue weighted by Gasteiger charge is 2.14. The number of halogens is 1. The molecule has 2 rings (SSSR count). The molecular weight excluding hydrogens is 349 g/mol. The lowest BCUT2D eigenvalue weighted by Crippen LogP contribution is -2.38. The van der Waals surface area contributed by atoms with Crippen molar-refractivity contribution in [2.75, 3.05) is 23.7 Å². The molecule has 0 fully saturated rings. The van der Waals surface area contributed by atoms with Crippen molar-refractivity contribution < 1.29 is 18.8 Å². The first-order valence-electron chi connectivity index (χ1n) is 8.51. The van der Waals surface area contributed by atoms with E-state index in [9.17, 15) is 18.8 Å². The minimum atomic E-state index is -0.356. The first kappa shape index (κ1) is 20.1. The number of benzene rings is 2. The van der Waals surface area contributed by atoms with Gasteiger partial charge in [-0.15, -0.1) is 0 Å². The number of carbonyl (C=O) groups is 3. The molecule has 0 unspecified atom stereocenters. The largest absolute Gasteiger partial charge is 0.333 e. The molecule has 0 atom stereocenters. The van der Waals surface area contributed by atoms with Gasteiger partial charge in [0.05, 0.1) is 6.54 Å². The van der Waals surface area contributed by atoms with E-state index in [4.69, 9.17) is 0 Å². The molecule has 0 aromatic heterocycles. The van der Waals surface area contributed by atoms with Gasteiger partial charge in [-0.25, -0.2) is 4.39 Å². The third kappa shape index (κ3) is 6.54. The topological polar surface area (TPSA) is 78.5 Å². The van der Waals surface area contributed by atoms with Gasteiger partial charge in [0, 0.05) is 31.8 Å². The van der Waals surface area contributed by atoms with Crippen molar-refractivity contribution in [1.29, 1.82) is 0 Å². The van der Waals surface area contributed by atoms with Gasteiger partial charge in [-0.1, -0.05) is 18.2 Å². The minimum absolute atomic E-state index is 0.128. The number of nitrogens with zero attached hydrogens (tertiary/aromatic N) is 1. The second-order valence-electron chi connectivity index (χ2n) is 6.09. The SMILES string of the molecule is CC(=O)Nc1ccc(NC(=O)CN(CCc2ccccc2F)C(C)=O)cc1. The molecule has 2 aromatic carbocycles. The van der Waals surface area contributed by atoms with Crippen LogP contribution in [0.15, 0.2) is 48.5 Å². The normalized spacial score (nSPS) is 10.2. The van der Waals surface area contributed by atoms with Crippen molar-refractivity contribution in [1.82, 2.24) is 4.90 Å². The summed E-state index contributed by atoms with van der Waals surface area (Å²) in [5.74, 6) is -1.13. The molecule has 2 N–H and O–H groups in total. The molecule has 142 valence electrons. The number of nitrogens with one attached hydrogen (secondary N) is 2. The molecular formula is C20H22FN3O3. The van der Waals surface area contributed by atoms with Crippen LogP contribution in [0.25, 0.3) is 0 Å². The molecule has 0 aliphatic carbocycles.